The van der Waals surface area contributed by atoms with Crippen LogP contribution in [0.5, 0.6) is 0 Å². The topological polar surface area (TPSA) is 32.7 Å². The van der Waals surface area contributed by atoms with Gasteiger partial charge in [0.15, 0.2) is 0 Å². The summed E-state index contributed by atoms with van der Waals surface area (Å²) >= 11 is 6.99. The maximum Gasteiger partial charge on any atom is 0.247 e. The molecule has 100 valence electrons. The van der Waals surface area contributed by atoms with E-state index in [1.807, 2.05) is 30.3 Å². The summed E-state index contributed by atoms with van der Waals surface area (Å²) in [6.07, 6.45) is 3.26. The second kappa shape index (κ2) is 4.53. The van der Waals surface area contributed by atoms with E-state index >= 15 is 0 Å². The van der Waals surface area contributed by atoms with Gasteiger partial charge in [0.05, 0.1) is 10.7 Å². The third-order valence-corrected chi connectivity index (χ3v) is 5.43. The lowest BCUT2D eigenvalue weighted by atomic mass is 9.97. The van der Waals surface area contributed by atoms with Crippen molar-refractivity contribution in [3.63, 3.8) is 0 Å². The molecule has 4 rings (SSSR count). The van der Waals surface area contributed by atoms with Crippen LogP contribution in [0.25, 0.3) is 0 Å². The van der Waals surface area contributed by atoms with Gasteiger partial charge in [-0.2, -0.15) is 0 Å². The van der Waals surface area contributed by atoms with Gasteiger partial charge in [-0.05, 0) is 54.1 Å². The number of allylic oxidation sites excluding steroid dienone is 1. The molecule has 0 aromatic heterocycles. The number of fused-ring (bicyclic) bond motifs is 2. The van der Waals surface area contributed by atoms with Crippen LogP contribution in [-0.4, -0.2) is 16.1 Å². The number of nitrogens with zero attached hydrogens (tertiary/aromatic N) is 2. The summed E-state index contributed by atoms with van der Waals surface area (Å²) in [4.78, 5) is 20.3. The maximum atomic E-state index is 12.9. The first-order valence-electron chi connectivity index (χ1n) is 6.67. The van der Waals surface area contributed by atoms with Gasteiger partial charge in [0.25, 0.3) is 0 Å². The largest absolute Gasteiger partial charge is 0.273 e. The molecule has 0 fully saturated rings. The number of carbonyl (C=O) groups is 1. The van der Waals surface area contributed by atoms with Crippen LogP contribution in [0.15, 0.2) is 45.8 Å². The van der Waals surface area contributed by atoms with Crippen molar-refractivity contribution >= 4 is 45.7 Å². The average molecular weight is 300 g/mol. The first-order chi connectivity index (χ1) is 9.75. The monoisotopic (exact) mass is 300 g/mol. The van der Waals surface area contributed by atoms with Crippen molar-refractivity contribution in [2.45, 2.75) is 19.3 Å². The number of carbonyl (C=O) groups excluding carboxylic acids is 1. The minimum Gasteiger partial charge on any atom is -0.273 e. The summed E-state index contributed by atoms with van der Waals surface area (Å²) in [5.74, 6) is -0.116. The van der Waals surface area contributed by atoms with Crippen molar-refractivity contribution < 1.29 is 4.79 Å². The number of benzene rings is 1. The fourth-order valence-corrected chi connectivity index (χ4v) is 4.71. The van der Waals surface area contributed by atoms with E-state index in [0.29, 0.717) is 5.11 Å². The number of hydrogen-bond donors (Lipinski definition) is 0. The molecule has 1 aromatic rings. The molecule has 1 aliphatic carbocycles. The van der Waals surface area contributed by atoms with Crippen LogP contribution in [0.2, 0.25) is 0 Å². The Morgan fingerprint density at radius 1 is 1.25 bits per heavy atom. The Bertz CT molecular complexity index is 678. The lowest BCUT2D eigenvalue weighted by molar-refractivity contribution is -0.118. The molecule has 1 aromatic carbocycles. The highest BCUT2D eigenvalue weighted by molar-refractivity contribution is 8.17. The van der Waals surface area contributed by atoms with Crippen molar-refractivity contribution in [3.8, 4) is 0 Å². The number of rotatable bonds is 1. The van der Waals surface area contributed by atoms with Crippen LogP contribution in [-0.2, 0) is 4.79 Å². The van der Waals surface area contributed by atoms with Gasteiger partial charge in [-0.25, -0.2) is 4.99 Å². The van der Waals surface area contributed by atoms with E-state index < -0.39 is 0 Å². The molecule has 5 heteroatoms. The quantitative estimate of drug-likeness (QED) is 0.744. The van der Waals surface area contributed by atoms with Gasteiger partial charge in [-0.15, -0.1) is 0 Å². The summed E-state index contributed by atoms with van der Waals surface area (Å²) in [5.41, 5.74) is 2.09. The predicted molar refractivity (Wildman–Crippen MR) is 85.9 cm³/mol. The number of aliphatic imine (C=N–C) groups is 1. The third kappa shape index (κ3) is 1.70. The lowest BCUT2D eigenvalue weighted by Gasteiger charge is -2.29. The molecule has 0 spiro atoms. The Labute approximate surface area is 126 Å². The molecule has 1 amide bonds. The summed E-state index contributed by atoms with van der Waals surface area (Å²) < 4.78 is 0. The number of hydrogen-bond acceptors (Lipinski definition) is 3. The standard InChI is InChI=1S/C15H12N2OS2/c18-14-12-10-7-4-8-11(10)20-13(12)16-15(19)17(14)9-5-2-1-3-6-9/h1-3,5-6,12H,4,7-8H2. The van der Waals surface area contributed by atoms with E-state index in [4.69, 9.17) is 12.2 Å². The minimum absolute atomic E-state index is 0.0607. The molecule has 0 N–H and O–H groups in total. The zero-order chi connectivity index (χ0) is 13.7. The highest BCUT2D eigenvalue weighted by Gasteiger charge is 2.45. The molecule has 3 aliphatic rings. The molecule has 1 atom stereocenters. The molecule has 1 unspecified atom stereocenters. The van der Waals surface area contributed by atoms with Crippen molar-refractivity contribution in [2.75, 3.05) is 4.90 Å². The Hall–Kier alpha value is -1.46. The fraction of sp³-hybridized carbons (Fsp3) is 0.267. The van der Waals surface area contributed by atoms with Crippen LogP contribution in [0.1, 0.15) is 19.3 Å². The second-order valence-electron chi connectivity index (χ2n) is 5.08. The number of anilines is 1. The molecule has 20 heavy (non-hydrogen) atoms. The zero-order valence-corrected chi connectivity index (χ0v) is 12.3. The van der Waals surface area contributed by atoms with Gasteiger partial charge in [-0.3, -0.25) is 9.69 Å². The van der Waals surface area contributed by atoms with Gasteiger partial charge in [-0.1, -0.05) is 30.0 Å². The highest BCUT2D eigenvalue weighted by Crippen LogP contribution is 2.49. The Morgan fingerprint density at radius 2 is 2.05 bits per heavy atom. The normalized spacial score (nSPS) is 24.9. The van der Waals surface area contributed by atoms with E-state index in [1.165, 1.54) is 10.5 Å². The Morgan fingerprint density at radius 3 is 2.85 bits per heavy atom. The molecule has 2 aliphatic heterocycles. The molecule has 0 bridgehead atoms. The summed E-state index contributed by atoms with van der Waals surface area (Å²) in [6.45, 7) is 0. The summed E-state index contributed by atoms with van der Waals surface area (Å²) in [5, 5.41) is 1.25. The van der Waals surface area contributed by atoms with Crippen LogP contribution in [0.3, 0.4) is 0 Å². The predicted octanol–water partition coefficient (Wildman–Crippen LogP) is 3.52. The first-order valence-corrected chi connectivity index (χ1v) is 7.89. The molecule has 2 heterocycles. The minimum atomic E-state index is -0.176. The van der Waals surface area contributed by atoms with Gasteiger partial charge in [0.1, 0.15) is 5.92 Å². The maximum absolute atomic E-state index is 12.9. The number of para-hydroxylation sites is 1. The third-order valence-electron chi connectivity index (χ3n) is 3.91. The van der Waals surface area contributed by atoms with Crippen LogP contribution < -0.4 is 4.90 Å². The van der Waals surface area contributed by atoms with Gasteiger partial charge in [0.2, 0.25) is 11.0 Å². The van der Waals surface area contributed by atoms with E-state index in [9.17, 15) is 4.79 Å². The van der Waals surface area contributed by atoms with Crippen molar-refractivity contribution in [1.29, 1.82) is 0 Å². The smallest absolute Gasteiger partial charge is 0.247 e. The van der Waals surface area contributed by atoms with Crippen molar-refractivity contribution in [3.05, 3.63) is 40.8 Å². The van der Waals surface area contributed by atoms with Gasteiger partial charge in [0, 0.05) is 0 Å². The molecule has 0 radical (unpaired) electrons. The van der Waals surface area contributed by atoms with Crippen molar-refractivity contribution in [1.82, 2.24) is 0 Å². The van der Waals surface area contributed by atoms with Crippen LogP contribution in [0, 0.1) is 5.92 Å². The Kier molecular flexibility index (Phi) is 2.79. The lowest BCUT2D eigenvalue weighted by Crippen LogP contribution is -2.45. The van der Waals surface area contributed by atoms with Crippen LogP contribution >= 0.6 is 24.0 Å². The van der Waals surface area contributed by atoms with E-state index in [1.54, 1.807) is 16.7 Å². The zero-order valence-electron chi connectivity index (χ0n) is 10.7. The number of amides is 1. The number of thiocarbonyl (C=S) groups is 1. The van der Waals surface area contributed by atoms with E-state index in [-0.39, 0.29) is 11.8 Å². The molecule has 3 nitrogen and oxygen atoms in total. The van der Waals surface area contributed by atoms with Crippen LogP contribution in [0.4, 0.5) is 5.69 Å². The highest BCUT2D eigenvalue weighted by atomic mass is 32.2. The molecule has 0 saturated heterocycles. The molecular weight excluding hydrogens is 288 g/mol. The average Bonchev–Trinajstić information content (AvgIpc) is 2.99. The second-order valence-corrected chi connectivity index (χ2v) is 6.56. The van der Waals surface area contributed by atoms with E-state index in [0.717, 1.165) is 30.0 Å². The number of thioether (sulfide) groups is 1. The van der Waals surface area contributed by atoms with Gasteiger partial charge < -0.3 is 0 Å². The fourth-order valence-electron chi connectivity index (χ4n) is 3.02. The van der Waals surface area contributed by atoms with Crippen molar-refractivity contribution in [2.24, 2.45) is 10.9 Å². The van der Waals surface area contributed by atoms with Gasteiger partial charge >= 0.3 is 0 Å². The summed E-state index contributed by atoms with van der Waals surface area (Å²) in [7, 11) is 0. The Balaban J connectivity index is 1.78. The molecule has 0 saturated carbocycles. The first kappa shape index (κ1) is 12.3. The van der Waals surface area contributed by atoms with E-state index in [2.05, 4.69) is 4.99 Å². The molecular formula is C15H12N2OS2. The summed E-state index contributed by atoms with van der Waals surface area (Å²) in [6, 6.07) is 9.55. The SMILES string of the molecule is O=C1C2C(=NC(=S)N1c1ccccc1)SC1=C2CCC1.